The molecule has 2 aliphatic rings. The van der Waals surface area contributed by atoms with Crippen LogP contribution in [0.4, 0.5) is 4.39 Å². The molecule has 3 rings (SSSR count). The predicted molar refractivity (Wildman–Crippen MR) is 62.5 cm³/mol. The van der Waals surface area contributed by atoms with Gasteiger partial charge in [0.1, 0.15) is 5.82 Å². The summed E-state index contributed by atoms with van der Waals surface area (Å²) in [4.78, 5) is 13.9. The van der Waals surface area contributed by atoms with Crippen molar-refractivity contribution in [2.75, 3.05) is 26.7 Å². The van der Waals surface area contributed by atoms with Crippen LogP contribution in [-0.2, 0) is 0 Å². The van der Waals surface area contributed by atoms with Gasteiger partial charge in [0.2, 0.25) is 0 Å². The highest BCUT2D eigenvalue weighted by Crippen LogP contribution is 2.34. The molecule has 1 aromatic carbocycles. The highest BCUT2D eigenvalue weighted by molar-refractivity contribution is 5.96. The first-order valence-electron chi connectivity index (χ1n) is 5.92. The Hall–Kier alpha value is -1.42. The third kappa shape index (κ3) is 1.63. The summed E-state index contributed by atoms with van der Waals surface area (Å²) in [5.41, 5.74) is 1.53. The van der Waals surface area contributed by atoms with E-state index in [1.165, 1.54) is 12.1 Å². The van der Waals surface area contributed by atoms with Gasteiger partial charge >= 0.3 is 0 Å². The van der Waals surface area contributed by atoms with Crippen LogP contribution < -0.4 is 5.32 Å². The molecule has 2 aliphatic heterocycles. The molecule has 90 valence electrons. The average Bonchev–Trinajstić information content (AvgIpc) is 2.72. The molecule has 2 atom stereocenters. The molecule has 0 bridgehead atoms. The van der Waals surface area contributed by atoms with Gasteiger partial charge in [-0.1, -0.05) is 6.07 Å². The Labute approximate surface area is 99.6 Å². The number of fused-ring (bicyclic) bond motifs is 3. The van der Waals surface area contributed by atoms with Gasteiger partial charge in [-0.3, -0.25) is 4.79 Å². The smallest absolute Gasteiger partial charge is 0.253 e. The monoisotopic (exact) mass is 234 g/mol. The largest absolute Gasteiger partial charge is 0.341 e. The Kier molecular flexibility index (Phi) is 2.40. The minimum atomic E-state index is -0.338. The van der Waals surface area contributed by atoms with Crippen LogP contribution in [0, 0.1) is 11.7 Å². The van der Waals surface area contributed by atoms with Crippen LogP contribution >= 0.6 is 0 Å². The first-order valence-corrected chi connectivity index (χ1v) is 5.92. The van der Waals surface area contributed by atoms with Crippen molar-refractivity contribution in [1.82, 2.24) is 10.2 Å². The summed E-state index contributed by atoms with van der Waals surface area (Å²) in [5, 5.41) is 3.35. The summed E-state index contributed by atoms with van der Waals surface area (Å²) in [5.74, 6) is 0.374. The number of nitrogens with one attached hydrogen (secondary N) is 1. The molecule has 0 saturated carbocycles. The quantitative estimate of drug-likeness (QED) is 0.732. The van der Waals surface area contributed by atoms with E-state index in [2.05, 4.69) is 5.32 Å². The van der Waals surface area contributed by atoms with Crippen molar-refractivity contribution < 1.29 is 9.18 Å². The van der Waals surface area contributed by atoms with Crippen molar-refractivity contribution in [2.45, 2.75) is 5.92 Å². The van der Waals surface area contributed by atoms with Gasteiger partial charge in [-0.25, -0.2) is 4.39 Å². The predicted octanol–water partition coefficient (Wildman–Crippen LogP) is 1.21. The molecule has 3 nitrogen and oxygen atoms in total. The normalized spacial score (nSPS) is 27.6. The van der Waals surface area contributed by atoms with E-state index in [0.717, 1.165) is 25.2 Å². The maximum Gasteiger partial charge on any atom is 0.253 e. The van der Waals surface area contributed by atoms with E-state index in [-0.39, 0.29) is 11.7 Å². The Balaban J connectivity index is 2.15. The number of carbonyl (C=O) groups is 1. The summed E-state index contributed by atoms with van der Waals surface area (Å²) < 4.78 is 13.3. The van der Waals surface area contributed by atoms with Crippen LogP contribution in [0.1, 0.15) is 21.8 Å². The van der Waals surface area contributed by atoms with E-state index in [4.69, 9.17) is 0 Å². The molecule has 1 N–H and O–H groups in total. The first kappa shape index (κ1) is 10.7. The van der Waals surface area contributed by atoms with Crippen molar-refractivity contribution in [2.24, 2.45) is 5.92 Å². The Morgan fingerprint density at radius 3 is 3.06 bits per heavy atom. The summed E-state index contributed by atoms with van der Waals surface area (Å²) in [7, 11) is 1.79. The van der Waals surface area contributed by atoms with Crippen molar-refractivity contribution in [3.05, 3.63) is 35.1 Å². The van der Waals surface area contributed by atoms with Gasteiger partial charge in [0.25, 0.3) is 5.91 Å². The molecule has 1 aromatic rings. The van der Waals surface area contributed by atoms with Crippen molar-refractivity contribution in [1.29, 1.82) is 0 Å². The highest BCUT2D eigenvalue weighted by Gasteiger charge is 2.36. The molecule has 0 aromatic heterocycles. The number of hydrogen-bond acceptors (Lipinski definition) is 2. The van der Waals surface area contributed by atoms with Gasteiger partial charge in [-0.2, -0.15) is 0 Å². The molecule has 17 heavy (non-hydrogen) atoms. The van der Waals surface area contributed by atoms with E-state index in [0.29, 0.717) is 17.4 Å². The maximum atomic E-state index is 13.3. The Morgan fingerprint density at radius 1 is 1.41 bits per heavy atom. The standard InChI is InChI=1S/C13H15FN2O/c1-16-7-8-5-15-6-12(8)10-3-2-9(14)4-11(10)13(16)17/h2-4,8,12,15H,5-7H2,1H3. The second kappa shape index (κ2) is 3.81. The fourth-order valence-corrected chi connectivity index (χ4v) is 2.97. The van der Waals surface area contributed by atoms with Crippen molar-refractivity contribution in [3.8, 4) is 0 Å². The lowest BCUT2D eigenvalue weighted by molar-refractivity contribution is 0.0784. The van der Waals surface area contributed by atoms with Crippen LogP contribution in [0.15, 0.2) is 18.2 Å². The lowest BCUT2D eigenvalue weighted by atomic mass is 9.87. The number of hydrogen-bond donors (Lipinski definition) is 1. The second-order valence-electron chi connectivity index (χ2n) is 4.94. The topological polar surface area (TPSA) is 32.3 Å². The molecule has 2 unspecified atom stereocenters. The molecule has 0 radical (unpaired) electrons. The summed E-state index contributed by atoms with van der Waals surface area (Å²) >= 11 is 0. The van der Waals surface area contributed by atoms with E-state index >= 15 is 0 Å². The number of rotatable bonds is 0. The number of nitrogens with zero attached hydrogens (tertiary/aromatic N) is 1. The number of halogens is 1. The molecule has 0 spiro atoms. The van der Waals surface area contributed by atoms with Gasteiger partial charge in [0.05, 0.1) is 0 Å². The minimum Gasteiger partial charge on any atom is -0.341 e. The molecule has 1 amide bonds. The van der Waals surface area contributed by atoms with Crippen LogP contribution in [0.25, 0.3) is 0 Å². The lowest BCUT2D eigenvalue weighted by Crippen LogP contribution is -2.31. The fraction of sp³-hybridized carbons (Fsp3) is 0.462. The van der Waals surface area contributed by atoms with Crippen LogP contribution in [0.3, 0.4) is 0 Å². The van der Waals surface area contributed by atoms with Crippen molar-refractivity contribution in [3.63, 3.8) is 0 Å². The summed E-state index contributed by atoms with van der Waals surface area (Å²) in [6, 6.07) is 4.59. The Morgan fingerprint density at radius 2 is 2.24 bits per heavy atom. The summed E-state index contributed by atoms with van der Waals surface area (Å²) in [6.45, 7) is 2.55. The number of benzene rings is 1. The van der Waals surface area contributed by atoms with Gasteiger partial charge in [0, 0.05) is 38.2 Å². The number of carbonyl (C=O) groups excluding carboxylic acids is 1. The zero-order chi connectivity index (χ0) is 12.0. The zero-order valence-electron chi connectivity index (χ0n) is 9.74. The molecule has 1 saturated heterocycles. The van der Waals surface area contributed by atoms with E-state index < -0.39 is 0 Å². The third-order valence-electron chi connectivity index (χ3n) is 3.84. The lowest BCUT2D eigenvalue weighted by Gasteiger charge is -2.19. The summed E-state index contributed by atoms with van der Waals surface area (Å²) in [6.07, 6.45) is 0. The van der Waals surface area contributed by atoms with Gasteiger partial charge in [0.15, 0.2) is 0 Å². The van der Waals surface area contributed by atoms with Crippen LogP contribution in [0.5, 0.6) is 0 Å². The molecular weight excluding hydrogens is 219 g/mol. The van der Waals surface area contributed by atoms with Gasteiger partial charge in [-0.15, -0.1) is 0 Å². The highest BCUT2D eigenvalue weighted by atomic mass is 19.1. The molecule has 0 aliphatic carbocycles. The van der Waals surface area contributed by atoms with E-state index in [1.807, 2.05) is 0 Å². The third-order valence-corrected chi connectivity index (χ3v) is 3.84. The van der Waals surface area contributed by atoms with Crippen molar-refractivity contribution >= 4 is 5.91 Å². The molecule has 4 heteroatoms. The fourth-order valence-electron chi connectivity index (χ4n) is 2.97. The minimum absolute atomic E-state index is 0.0612. The van der Waals surface area contributed by atoms with E-state index in [9.17, 15) is 9.18 Å². The Bertz CT molecular complexity index is 474. The number of amides is 1. The molecular formula is C13H15FN2O. The first-order chi connectivity index (χ1) is 8.16. The second-order valence-corrected chi connectivity index (χ2v) is 4.94. The zero-order valence-corrected chi connectivity index (χ0v) is 9.74. The molecule has 2 heterocycles. The van der Waals surface area contributed by atoms with Crippen LogP contribution in [0.2, 0.25) is 0 Å². The maximum absolute atomic E-state index is 13.3. The van der Waals surface area contributed by atoms with Crippen LogP contribution in [-0.4, -0.2) is 37.5 Å². The van der Waals surface area contributed by atoms with Gasteiger partial charge in [-0.05, 0) is 23.6 Å². The SMILES string of the molecule is CN1CC2CNCC2c2ccc(F)cc2C1=O. The molecule has 1 fully saturated rings. The average molecular weight is 234 g/mol. The van der Waals surface area contributed by atoms with Gasteiger partial charge < -0.3 is 10.2 Å². The van der Waals surface area contributed by atoms with E-state index in [1.54, 1.807) is 18.0 Å².